The van der Waals surface area contributed by atoms with Crippen LogP contribution in [0.25, 0.3) is 0 Å². The van der Waals surface area contributed by atoms with Gasteiger partial charge in [-0.3, -0.25) is 28.8 Å². The van der Waals surface area contributed by atoms with Crippen LogP contribution in [0.5, 0.6) is 0 Å². The van der Waals surface area contributed by atoms with Gasteiger partial charge in [-0.05, 0) is 88.9 Å². The van der Waals surface area contributed by atoms with Crippen molar-refractivity contribution in [2.75, 3.05) is 6.54 Å². The number of rotatable bonds is 16. The van der Waals surface area contributed by atoms with Gasteiger partial charge in [0.2, 0.25) is 23.5 Å². The number of likely N-dealkylation sites (tertiary alicyclic amines) is 1. The van der Waals surface area contributed by atoms with Gasteiger partial charge in [0, 0.05) is 24.9 Å². The van der Waals surface area contributed by atoms with E-state index in [0.717, 1.165) is 64.2 Å². The van der Waals surface area contributed by atoms with Crippen molar-refractivity contribution >= 4 is 41.3 Å². The van der Waals surface area contributed by atoms with Crippen LogP contribution in [0, 0.1) is 29.1 Å². The topological polar surface area (TPSA) is 180 Å². The van der Waals surface area contributed by atoms with E-state index in [-0.39, 0.29) is 53.9 Å². The van der Waals surface area contributed by atoms with E-state index in [0.29, 0.717) is 19.4 Å². The van der Waals surface area contributed by atoms with Gasteiger partial charge in [-0.2, -0.15) is 0 Å². The minimum atomic E-state index is -0.996. The normalized spacial score (nSPS) is 24.2. The quantitative estimate of drug-likeness (QED) is 0.172. The van der Waals surface area contributed by atoms with E-state index in [2.05, 4.69) is 21.3 Å². The summed E-state index contributed by atoms with van der Waals surface area (Å²) >= 11 is 0. The number of hydrogen-bond acceptors (Lipinski definition) is 8. The largest absolute Gasteiger partial charge is 0.447 e. The van der Waals surface area contributed by atoms with Crippen LogP contribution in [0.4, 0.5) is 4.79 Å². The second kappa shape index (κ2) is 18.0. The van der Waals surface area contributed by atoms with E-state index in [4.69, 9.17) is 4.74 Å². The zero-order chi connectivity index (χ0) is 38.3. The number of carbonyl (C=O) groups excluding carboxylic acids is 7. The SMILES string of the molecule is CCC[C@H](NC(=O)[C@@H]1[C@H]2CCC[C@H]2CN1C(=O)[C@@H](NC(=O)[C@@H](CC(=O)[C@@H](C)NC(=O)OC(C)C)C1CCCCC1)C(C)(C)C)C(=O)C(=O)NC1CC1. The fourth-order valence-corrected chi connectivity index (χ4v) is 8.30. The average Bonchev–Trinajstić information content (AvgIpc) is 3.64. The molecule has 13 heteroatoms. The van der Waals surface area contributed by atoms with Crippen molar-refractivity contribution in [1.29, 1.82) is 0 Å². The smallest absolute Gasteiger partial charge is 0.407 e. The van der Waals surface area contributed by atoms with Crippen molar-refractivity contribution in [1.82, 2.24) is 26.2 Å². The van der Waals surface area contributed by atoms with Crippen molar-refractivity contribution in [3.63, 3.8) is 0 Å². The van der Waals surface area contributed by atoms with Crippen LogP contribution >= 0.6 is 0 Å². The highest BCUT2D eigenvalue weighted by atomic mass is 16.6. The van der Waals surface area contributed by atoms with Gasteiger partial charge in [0.15, 0.2) is 5.78 Å². The maximum absolute atomic E-state index is 14.7. The molecule has 5 amide bonds. The fraction of sp³-hybridized carbons (Fsp3) is 0.821. The summed E-state index contributed by atoms with van der Waals surface area (Å²) in [6.45, 7) is 12.8. The van der Waals surface area contributed by atoms with Crippen molar-refractivity contribution in [2.24, 2.45) is 29.1 Å². The van der Waals surface area contributed by atoms with E-state index in [1.807, 2.05) is 27.7 Å². The van der Waals surface area contributed by atoms with Crippen molar-refractivity contribution < 1.29 is 38.3 Å². The lowest BCUT2D eigenvalue weighted by molar-refractivity contribution is -0.146. The van der Waals surface area contributed by atoms with Crippen LogP contribution in [-0.4, -0.2) is 89.0 Å². The Labute approximate surface area is 309 Å². The molecule has 0 bridgehead atoms. The number of hydrogen-bond donors (Lipinski definition) is 4. The second-order valence-corrected chi connectivity index (χ2v) is 17.1. The predicted octanol–water partition coefficient (Wildman–Crippen LogP) is 3.96. The number of ketones is 2. The van der Waals surface area contributed by atoms with Gasteiger partial charge in [-0.1, -0.05) is 59.8 Å². The van der Waals surface area contributed by atoms with Gasteiger partial charge in [0.1, 0.15) is 12.1 Å². The van der Waals surface area contributed by atoms with Gasteiger partial charge in [0.25, 0.3) is 5.91 Å². The summed E-state index contributed by atoms with van der Waals surface area (Å²) < 4.78 is 5.14. The highest BCUT2D eigenvalue weighted by molar-refractivity contribution is 6.38. The number of alkyl carbamates (subject to hydrolysis) is 1. The molecule has 13 nitrogen and oxygen atoms in total. The first-order chi connectivity index (χ1) is 24.5. The third-order valence-corrected chi connectivity index (χ3v) is 11.3. The standard InChI is InChI=1S/C39H63N5O8/c1-8-13-29(32(46)36(49)41-26-18-19-26)42-35(48)31-27-17-12-16-25(27)21-44(31)37(50)33(39(5,6)7)43-34(47)28(24-14-10-9-11-15-24)20-30(45)23(4)40-38(51)52-22(2)3/h22-29,31,33H,8-21H2,1-7H3,(H,40,51)(H,41,49)(H,42,48)(H,43,47)/t23-,25+,27+,28+,29+,31+,33-/m1/s1. The molecule has 4 rings (SSSR count). The molecule has 0 aromatic rings. The lowest BCUT2D eigenvalue weighted by atomic mass is 9.76. The molecule has 0 spiro atoms. The Bertz CT molecular complexity index is 1330. The molecular weight excluding hydrogens is 666 g/mol. The fourth-order valence-electron chi connectivity index (χ4n) is 8.30. The van der Waals surface area contributed by atoms with E-state index < -0.39 is 59.2 Å². The van der Waals surface area contributed by atoms with Crippen LogP contribution in [0.3, 0.4) is 0 Å². The molecule has 1 aliphatic heterocycles. The first kappa shape index (κ1) is 41.2. The monoisotopic (exact) mass is 729 g/mol. The van der Waals surface area contributed by atoms with Crippen molar-refractivity contribution in [3.8, 4) is 0 Å². The van der Waals surface area contributed by atoms with Crippen LogP contribution < -0.4 is 21.3 Å². The molecule has 0 unspecified atom stereocenters. The maximum Gasteiger partial charge on any atom is 0.407 e. The Hall–Kier alpha value is -3.51. The predicted molar refractivity (Wildman–Crippen MR) is 195 cm³/mol. The molecule has 3 aliphatic carbocycles. The van der Waals surface area contributed by atoms with E-state index in [1.165, 1.54) is 0 Å². The lowest BCUT2D eigenvalue weighted by Crippen LogP contribution is -2.60. The third-order valence-electron chi connectivity index (χ3n) is 11.3. The summed E-state index contributed by atoms with van der Waals surface area (Å²) in [5, 5.41) is 11.2. The first-order valence-electron chi connectivity index (χ1n) is 19.8. The Morgan fingerprint density at radius 1 is 0.827 bits per heavy atom. The van der Waals surface area contributed by atoms with Crippen molar-refractivity contribution in [3.05, 3.63) is 0 Å². The molecule has 52 heavy (non-hydrogen) atoms. The highest BCUT2D eigenvalue weighted by Gasteiger charge is 2.52. The number of nitrogens with one attached hydrogen (secondary N) is 4. The summed E-state index contributed by atoms with van der Waals surface area (Å²) in [5.74, 6) is -3.62. The first-order valence-corrected chi connectivity index (χ1v) is 19.8. The van der Waals surface area contributed by atoms with Gasteiger partial charge >= 0.3 is 6.09 Å². The Balaban J connectivity index is 1.54. The Morgan fingerprint density at radius 3 is 2.10 bits per heavy atom. The maximum atomic E-state index is 14.7. The molecule has 0 aromatic carbocycles. The van der Waals surface area contributed by atoms with Gasteiger partial charge in [-0.15, -0.1) is 0 Å². The summed E-state index contributed by atoms with van der Waals surface area (Å²) in [6.07, 6.45) is 8.46. The summed E-state index contributed by atoms with van der Waals surface area (Å²) in [7, 11) is 0. The van der Waals surface area contributed by atoms with Gasteiger partial charge in [0.05, 0.1) is 18.2 Å². The number of nitrogens with zero attached hydrogens (tertiary/aromatic N) is 1. The number of carbonyl (C=O) groups is 7. The number of amides is 5. The van der Waals surface area contributed by atoms with Crippen LogP contribution in [-0.2, 0) is 33.5 Å². The number of Topliss-reactive ketones (excluding diaryl/α,β-unsaturated/α-hetero) is 2. The zero-order valence-corrected chi connectivity index (χ0v) is 32.4. The molecule has 1 heterocycles. The lowest BCUT2D eigenvalue weighted by Gasteiger charge is -2.38. The molecular formula is C39H63N5O8. The second-order valence-electron chi connectivity index (χ2n) is 17.1. The molecule has 3 saturated carbocycles. The zero-order valence-electron chi connectivity index (χ0n) is 32.4. The highest BCUT2D eigenvalue weighted by Crippen LogP contribution is 2.43. The molecule has 1 saturated heterocycles. The van der Waals surface area contributed by atoms with Crippen LogP contribution in [0.2, 0.25) is 0 Å². The van der Waals surface area contributed by atoms with Gasteiger partial charge in [-0.25, -0.2) is 4.79 Å². The third kappa shape index (κ3) is 10.8. The minimum absolute atomic E-state index is 0.00516. The summed E-state index contributed by atoms with van der Waals surface area (Å²) in [4.78, 5) is 96.1. The van der Waals surface area contributed by atoms with Crippen molar-refractivity contribution in [2.45, 2.75) is 168 Å². The Kier molecular flexibility index (Phi) is 14.3. The van der Waals surface area contributed by atoms with Crippen LogP contribution in [0.15, 0.2) is 0 Å². The molecule has 4 fully saturated rings. The van der Waals surface area contributed by atoms with Gasteiger partial charge < -0.3 is 30.9 Å². The molecule has 4 N–H and O–H groups in total. The van der Waals surface area contributed by atoms with E-state index in [9.17, 15) is 33.6 Å². The molecule has 0 aromatic heterocycles. The van der Waals surface area contributed by atoms with E-state index in [1.54, 1.807) is 25.7 Å². The summed E-state index contributed by atoms with van der Waals surface area (Å²) in [5.41, 5.74) is -0.746. The minimum Gasteiger partial charge on any atom is -0.447 e. The Morgan fingerprint density at radius 2 is 1.50 bits per heavy atom. The van der Waals surface area contributed by atoms with Crippen LogP contribution in [0.1, 0.15) is 132 Å². The average molecular weight is 730 g/mol. The molecule has 292 valence electrons. The number of ether oxygens (including phenoxy) is 1. The number of fused-ring (bicyclic) bond motifs is 1. The van der Waals surface area contributed by atoms with E-state index >= 15 is 0 Å². The summed E-state index contributed by atoms with van der Waals surface area (Å²) in [6, 6.07) is -3.69. The molecule has 7 atom stereocenters. The molecule has 0 radical (unpaired) electrons. The molecule has 4 aliphatic rings.